The number of rotatable bonds is 12. The van der Waals surface area contributed by atoms with E-state index in [-0.39, 0.29) is 42.9 Å². The van der Waals surface area contributed by atoms with E-state index in [1.165, 1.54) is 9.80 Å². The zero-order chi connectivity index (χ0) is 48.0. The number of benzene rings is 3. The molecule has 0 spiro atoms. The summed E-state index contributed by atoms with van der Waals surface area (Å²) in [4.78, 5) is 84.0. The molecule has 0 bridgehead atoms. The van der Waals surface area contributed by atoms with Gasteiger partial charge in [-0.1, -0.05) is 90.1 Å². The summed E-state index contributed by atoms with van der Waals surface area (Å²) in [6.07, 6.45) is 1.14. The van der Waals surface area contributed by atoms with Crippen LogP contribution in [-0.4, -0.2) is 95.7 Å². The number of carboxylic acid groups (broad SMARTS) is 2. The Labute approximate surface area is 379 Å². The van der Waals surface area contributed by atoms with Crippen molar-refractivity contribution in [1.82, 2.24) is 20.4 Å². The minimum Gasteiger partial charge on any atom is -0.465 e. The molecule has 0 aliphatic carbocycles. The Morgan fingerprint density at radius 2 is 0.985 bits per heavy atom. The lowest BCUT2D eigenvalue weighted by Crippen LogP contribution is -2.61. The topological polar surface area (TPSA) is 263 Å². The molecule has 18 heteroatoms. The summed E-state index contributed by atoms with van der Waals surface area (Å²) in [5.41, 5.74) is 11.1. The fraction of sp³-hybridized carbons (Fsp3) is 0.489. The van der Waals surface area contributed by atoms with E-state index in [4.69, 9.17) is 11.5 Å². The number of likely N-dealkylation sites (tertiary alicyclic amines) is 2. The van der Waals surface area contributed by atoms with Gasteiger partial charge in [-0.2, -0.15) is 0 Å². The van der Waals surface area contributed by atoms with Crippen molar-refractivity contribution in [3.05, 3.63) is 95.1 Å². The summed E-state index contributed by atoms with van der Waals surface area (Å²) < 4.78 is 25.0. The summed E-state index contributed by atoms with van der Waals surface area (Å²) in [6, 6.07) is 18.5. The van der Waals surface area contributed by atoms with Crippen molar-refractivity contribution in [2.75, 3.05) is 24.2 Å². The Balaban J connectivity index is 1.37. The van der Waals surface area contributed by atoms with Crippen LogP contribution in [0.25, 0.3) is 0 Å². The molecule has 350 valence electrons. The van der Waals surface area contributed by atoms with Crippen LogP contribution in [0.15, 0.2) is 77.7 Å². The van der Waals surface area contributed by atoms with Crippen LogP contribution in [0.1, 0.15) is 114 Å². The normalized spacial score (nSPS) is 23.5. The van der Waals surface area contributed by atoms with Gasteiger partial charge in [-0.25, -0.2) is 18.0 Å². The van der Waals surface area contributed by atoms with Crippen LogP contribution < -0.4 is 27.0 Å². The molecule has 3 saturated heterocycles. The molecule has 3 fully saturated rings. The van der Waals surface area contributed by atoms with Gasteiger partial charge in [-0.05, 0) is 95.9 Å². The van der Waals surface area contributed by atoms with Gasteiger partial charge in [0.25, 0.3) is 0 Å². The minimum absolute atomic E-state index is 0.154. The molecule has 3 aromatic carbocycles. The van der Waals surface area contributed by atoms with Crippen LogP contribution in [0.4, 0.5) is 15.3 Å². The number of anilines is 1. The first-order valence-corrected chi connectivity index (χ1v) is 23.7. The number of nitrogens with two attached hydrogens (primary N) is 2. The number of carbonyl (C=O) groups excluding carboxylic acids is 4. The molecular formula is C47H61N7O10S. The van der Waals surface area contributed by atoms with Crippen LogP contribution in [0.3, 0.4) is 0 Å². The van der Waals surface area contributed by atoms with E-state index in [1.807, 2.05) is 24.3 Å². The second-order valence-corrected chi connectivity index (χ2v) is 21.7. The number of amides is 6. The molecule has 65 heavy (non-hydrogen) atoms. The Morgan fingerprint density at radius 1 is 0.631 bits per heavy atom. The van der Waals surface area contributed by atoms with E-state index in [2.05, 4.69) is 15.5 Å². The quantitative estimate of drug-likeness (QED) is 0.139. The summed E-state index contributed by atoms with van der Waals surface area (Å²) in [5.74, 6) is -2.56. The third-order valence-corrected chi connectivity index (χ3v) is 14.5. The zero-order valence-corrected chi connectivity index (χ0v) is 38.8. The van der Waals surface area contributed by atoms with Crippen molar-refractivity contribution in [3.8, 4) is 0 Å². The maximum atomic E-state index is 14.1. The lowest BCUT2D eigenvalue weighted by atomic mass is 9.82. The Morgan fingerprint density at radius 3 is 1.28 bits per heavy atom. The fourth-order valence-electron chi connectivity index (χ4n) is 10.1. The van der Waals surface area contributed by atoms with Crippen molar-refractivity contribution >= 4 is 51.3 Å². The van der Waals surface area contributed by atoms with Gasteiger partial charge < -0.3 is 47.0 Å². The van der Waals surface area contributed by atoms with Gasteiger partial charge in [0, 0.05) is 25.0 Å². The number of sulfone groups is 1. The van der Waals surface area contributed by atoms with E-state index in [9.17, 15) is 47.4 Å². The molecule has 0 saturated carbocycles. The highest BCUT2D eigenvalue weighted by molar-refractivity contribution is 7.90. The molecule has 6 rings (SSSR count). The average molecular weight is 916 g/mol. The number of primary amides is 2. The van der Waals surface area contributed by atoms with Crippen molar-refractivity contribution < 1.29 is 47.4 Å². The standard InChI is InChI=1S/C47H61N7O10S/c1-44(2,3)36(50-42(59)60)38(55)52-26-8-24-46(52,40(48)57)30-14-10-28(11-15-30)34-22-23-35(54(34)32-18-20-33(21-19-32)65(7,63)64)29-12-16-31(17-13-29)47(41(49)58)25-9-27-53(47)39(56)37(45(4,5)6)51-43(61)62/h10-21,34-37,50-51H,8-9,22-27H2,1-7H3,(H2,48,57)(H2,49,58)(H,59,60)(H,61,62)/t34-,35-,36-,37-,46+,47+/m1/s1. The van der Waals surface area contributed by atoms with Gasteiger partial charge in [-0.3, -0.25) is 19.2 Å². The third kappa shape index (κ3) is 9.09. The lowest BCUT2D eigenvalue weighted by Gasteiger charge is -2.41. The molecule has 8 N–H and O–H groups in total. The first-order valence-electron chi connectivity index (χ1n) is 21.8. The smallest absolute Gasteiger partial charge is 0.405 e. The minimum atomic E-state index is -3.50. The molecule has 3 aliphatic rings. The molecule has 0 radical (unpaired) electrons. The predicted octanol–water partition coefficient (Wildman–Crippen LogP) is 5.14. The van der Waals surface area contributed by atoms with E-state index >= 15 is 0 Å². The molecule has 0 unspecified atom stereocenters. The van der Waals surface area contributed by atoms with Crippen LogP contribution in [0, 0.1) is 10.8 Å². The van der Waals surface area contributed by atoms with E-state index in [1.54, 1.807) is 90.1 Å². The van der Waals surface area contributed by atoms with Crippen LogP contribution in [-0.2, 0) is 40.1 Å². The Hall–Kier alpha value is -6.17. The van der Waals surface area contributed by atoms with Crippen molar-refractivity contribution in [1.29, 1.82) is 0 Å². The highest BCUT2D eigenvalue weighted by Crippen LogP contribution is 2.49. The van der Waals surface area contributed by atoms with Crippen LogP contribution in [0.5, 0.6) is 0 Å². The first kappa shape index (κ1) is 48.3. The maximum absolute atomic E-state index is 14.1. The van der Waals surface area contributed by atoms with Gasteiger partial charge in [0.05, 0.1) is 17.0 Å². The summed E-state index contributed by atoms with van der Waals surface area (Å²) in [5, 5.41) is 23.9. The Bertz CT molecular complexity index is 2320. The number of carbonyl (C=O) groups is 6. The van der Waals surface area contributed by atoms with Gasteiger partial charge >= 0.3 is 12.2 Å². The second-order valence-electron chi connectivity index (χ2n) is 19.7. The molecule has 6 atom stereocenters. The average Bonchev–Trinajstić information content (AvgIpc) is 3.99. The second kappa shape index (κ2) is 17.7. The third-order valence-electron chi connectivity index (χ3n) is 13.4. The number of nitrogens with one attached hydrogen (secondary N) is 2. The zero-order valence-electron chi connectivity index (χ0n) is 38.0. The summed E-state index contributed by atoms with van der Waals surface area (Å²) >= 11 is 0. The fourth-order valence-corrected chi connectivity index (χ4v) is 10.8. The van der Waals surface area contributed by atoms with Crippen molar-refractivity contribution in [2.24, 2.45) is 22.3 Å². The van der Waals surface area contributed by atoms with Crippen LogP contribution in [0.2, 0.25) is 0 Å². The molecule has 3 aliphatic heterocycles. The Kier molecular flexibility index (Phi) is 13.1. The molecule has 17 nitrogen and oxygen atoms in total. The summed E-state index contributed by atoms with van der Waals surface area (Å²) in [6.45, 7) is 10.8. The van der Waals surface area contributed by atoms with Gasteiger partial charge in [0.1, 0.15) is 23.2 Å². The number of nitrogens with zero attached hydrogens (tertiary/aromatic N) is 3. The highest BCUT2D eigenvalue weighted by Gasteiger charge is 2.54. The van der Waals surface area contributed by atoms with E-state index in [0.29, 0.717) is 36.8 Å². The van der Waals surface area contributed by atoms with Gasteiger partial charge in [-0.15, -0.1) is 0 Å². The molecule has 0 aromatic heterocycles. The van der Waals surface area contributed by atoms with Gasteiger partial charge in [0.2, 0.25) is 23.6 Å². The molecule has 3 heterocycles. The monoisotopic (exact) mass is 915 g/mol. The van der Waals surface area contributed by atoms with Crippen molar-refractivity contribution in [2.45, 2.75) is 120 Å². The first-order chi connectivity index (χ1) is 30.2. The largest absolute Gasteiger partial charge is 0.465 e. The number of hydrogen-bond acceptors (Lipinski definition) is 9. The van der Waals surface area contributed by atoms with Crippen LogP contribution >= 0.6 is 0 Å². The molecule has 3 aromatic rings. The van der Waals surface area contributed by atoms with Gasteiger partial charge in [0.15, 0.2) is 9.84 Å². The SMILES string of the molecule is CC(C)(C)[C@H](NC(=O)O)C(=O)N1CCC[C@@]1(C(N)=O)c1ccc([C@H]2CC[C@H](c3ccc([C@]4(C(N)=O)CCCN4C(=O)[C@@H](NC(=O)O)C(C)(C)C)cc3)N2c2ccc(S(C)(=O)=O)cc2)cc1. The maximum Gasteiger partial charge on any atom is 0.405 e. The van der Waals surface area contributed by atoms with Crippen molar-refractivity contribution in [3.63, 3.8) is 0 Å². The van der Waals surface area contributed by atoms with E-state index in [0.717, 1.165) is 23.1 Å². The van der Waals surface area contributed by atoms with E-state index < -0.39 is 79.6 Å². The molecular weight excluding hydrogens is 855 g/mol. The lowest BCUT2D eigenvalue weighted by molar-refractivity contribution is -0.147. The molecule has 6 amide bonds. The highest BCUT2D eigenvalue weighted by atomic mass is 32.2. The number of hydrogen-bond donors (Lipinski definition) is 6. The predicted molar refractivity (Wildman–Crippen MR) is 242 cm³/mol. The summed E-state index contributed by atoms with van der Waals surface area (Å²) in [7, 11) is -3.50.